The predicted molar refractivity (Wildman–Crippen MR) is 113 cm³/mol. The number of benzene rings is 2. The Morgan fingerprint density at radius 2 is 2.06 bits per heavy atom. The molecule has 4 rings (SSSR count). The average molecular weight is 421 g/mol. The van der Waals surface area contributed by atoms with Crippen LogP contribution in [0.2, 0.25) is 0 Å². The lowest BCUT2D eigenvalue weighted by Gasteiger charge is -2.08. The minimum Gasteiger partial charge on any atom is -0.497 e. The number of carbonyl (C=O) groups excluding carboxylic acids is 1. The van der Waals surface area contributed by atoms with Gasteiger partial charge in [0.15, 0.2) is 17.3 Å². The molecule has 2 heterocycles. The summed E-state index contributed by atoms with van der Waals surface area (Å²) < 4.78 is 16.8. The Labute approximate surface area is 176 Å². The molecule has 4 aromatic rings. The van der Waals surface area contributed by atoms with E-state index in [-0.39, 0.29) is 24.0 Å². The maximum Gasteiger partial charge on any atom is 0.260 e. The third kappa shape index (κ3) is 4.01. The fourth-order valence-corrected chi connectivity index (χ4v) is 3.04. The van der Waals surface area contributed by atoms with Gasteiger partial charge in [0.05, 0.1) is 31.5 Å². The Bertz CT molecular complexity index is 1260. The van der Waals surface area contributed by atoms with Gasteiger partial charge < -0.3 is 19.8 Å². The van der Waals surface area contributed by atoms with E-state index in [4.69, 9.17) is 15.2 Å². The predicted octanol–water partition coefficient (Wildman–Crippen LogP) is 1.84. The van der Waals surface area contributed by atoms with E-state index in [1.165, 1.54) is 6.21 Å². The molecule has 0 saturated carbocycles. The number of aromatic nitrogens is 4. The van der Waals surface area contributed by atoms with Crippen molar-refractivity contribution in [1.82, 2.24) is 25.3 Å². The van der Waals surface area contributed by atoms with Gasteiger partial charge in [0.25, 0.3) is 5.91 Å². The highest BCUT2D eigenvalue weighted by Gasteiger charge is 2.20. The first-order valence-corrected chi connectivity index (χ1v) is 9.18. The highest BCUT2D eigenvalue weighted by atomic mass is 16.6. The number of amides is 1. The molecule has 11 nitrogen and oxygen atoms in total. The topological polar surface area (TPSA) is 143 Å². The third-order valence-electron chi connectivity index (χ3n) is 4.52. The lowest BCUT2D eigenvalue weighted by Crippen LogP contribution is -2.23. The summed E-state index contributed by atoms with van der Waals surface area (Å²) in [5, 5.41) is 11.4. The van der Waals surface area contributed by atoms with Crippen LogP contribution in [0.1, 0.15) is 5.56 Å². The number of rotatable bonds is 7. The number of hydrogen-bond donors (Lipinski definition) is 2. The van der Waals surface area contributed by atoms with Crippen molar-refractivity contribution < 1.29 is 18.9 Å². The van der Waals surface area contributed by atoms with Crippen LogP contribution in [0.4, 0.5) is 5.82 Å². The van der Waals surface area contributed by atoms with Gasteiger partial charge in [0, 0.05) is 11.6 Å². The van der Waals surface area contributed by atoms with E-state index in [0.717, 1.165) is 5.52 Å². The van der Waals surface area contributed by atoms with Gasteiger partial charge in [-0.15, -0.1) is 0 Å². The summed E-state index contributed by atoms with van der Waals surface area (Å²) in [6, 6.07) is 12.6. The second kappa shape index (κ2) is 8.53. The van der Waals surface area contributed by atoms with Gasteiger partial charge in [-0.25, -0.2) is 15.0 Å². The van der Waals surface area contributed by atoms with Gasteiger partial charge in [-0.05, 0) is 34.6 Å². The molecule has 3 N–H and O–H groups in total. The molecule has 0 spiro atoms. The molecule has 2 aromatic carbocycles. The van der Waals surface area contributed by atoms with E-state index >= 15 is 0 Å². The Balaban J connectivity index is 1.56. The van der Waals surface area contributed by atoms with Gasteiger partial charge in [0.1, 0.15) is 18.0 Å². The van der Waals surface area contributed by atoms with Crippen molar-refractivity contribution >= 4 is 29.0 Å². The molecule has 0 fully saturated rings. The Kier molecular flexibility index (Phi) is 5.47. The number of carbonyl (C=O) groups is 1. The average Bonchev–Trinajstić information content (AvgIpc) is 3.37. The number of nitrogen functional groups attached to an aromatic ring is 1. The number of nitrogens with one attached hydrogen (secondary N) is 1. The zero-order valence-electron chi connectivity index (χ0n) is 16.8. The SMILES string of the molecule is COc1ccc(/C=N\NC(=O)Cn2c(-c3nonc3N)nc3ccccc32)c(OC)c1. The van der Waals surface area contributed by atoms with E-state index in [0.29, 0.717) is 28.4 Å². The third-order valence-corrected chi connectivity index (χ3v) is 4.52. The fraction of sp³-hybridized carbons (Fsp3) is 0.150. The van der Waals surface area contributed by atoms with Crippen LogP contribution in [0, 0.1) is 0 Å². The summed E-state index contributed by atoms with van der Waals surface area (Å²) in [6.45, 7) is -0.0702. The Morgan fingerprint density at radius 3 is 2.81 bits per heavy atom. The van der Waals surface area contributed by atoms with Gasteiger partial charge in [-0.2, -0.15) is 5.10 Å². The van der Waals surface area contributed by atoms with Crippen molar-refractivity contribution in [2.45, 2.75) is 6.54 Å². The van der Waals surface area contributed by atoms with Crippen LogP contribution in [0.5, 0.6) is 11.5 Å². The van der Waals surface area contributed by atoms with Crippen LogP contribution in [-0.2, 0) is 11.3 Å². The smallest absolute Gasteiger partial charge is 0.260 e. The number of hydrogen-bond acceptors (Lipinski definition) is 9. The zero-order chi connectivity index (χ0) is 21.8. The number of anilines is 1. The number of fused-ring (bicyclic) bond motifs is 1. The standard InChI is InChI=1S/C20H19N7O4/c1-29-13-8-7-12(16(9-13)30-2)10-22-24-17(28)11-27-15-6-4-3-5-14(15)23-20(27)18-19(21)26-31-25-18/h3-10H,11H2,1-2H3,(H2,21,26)(H,24,28)/b22-10-. The normalized spacial score (nSPS) is 11.2. The van der Waals surface area contributed by atoms with Crippen molar-refractivity contribution in [2.75, 3.05) is 20.0 Å². The monoisotopic (exact) mass is 421 g/mol. The van der Waals surface area contributed by atoms with Crippen molar-refractivity contribution in [2.24, 2.45) is 5.10 Å². The largest absolute Gasteiger partial charge is 0.497 e. The Morgan fingerprint density at radius 1 is 1.23 bits per heavy atom. The molecule has 2 aromatic heterocycles. The molecule has 0 atom stereocenters. The molecule has 0 unspecified atom stereocenters. The first kappa shape index (κ1) is 19.9. The first-order chi connectivity index (χ1) is 15.1. The van der Waals surface area contributed by atoms with Crippen molar-refractivity contribution in [3.8, 4) is 23.0 Å². The van der Waals surface area contributed by atoms with Crippen LogP contribution in [0.3, 0.4) is 0 Å². The lowest BCUT2D eigenvalue weighted by atomic mass is 10.2. The maximum atomic E-state index is 12.6. The number of nitrogens with two attached hydrogens (primary N) is 1. The van der Waals surface area contributed by atoms with Crippen LogP contribution in [0.25, 0.3) is 22.6 Å². The quantitative estimate of drug-likeness (QED) is 0.340. The number of hydrazone groups is 1. The van der Waals surface area contributed by atoms with Gasteiger partial charge >= 0.3 is 0 Å². The second-order valence-electron chi connectivity index (χ2n) is 6.41. The molecular formula is C20H19N7O4. The van der Waals surface area contributed by atoms with E-state index < -0.39 is 0 Å². The zero-order valence-corrected chi connectivity index (χ0v) is 16.8. The van der Waals surface area contributed by atoms with Gasteiger partial charge in [-0.3, -0.25) is 4.79 Å². The second-order valence-corrected chi connectivity index (χ2v) is 6.41. The van der Waals surface area contributed by atoms with Crippen LogP contribution < -0.4 is 20.6 Å². The molecule has 0 saturated heterocycles. The lowest BCUT2D eigenvalue weighted by molar-refractivity contribution is -0.121. The molecule has 0 aliphatic rings. The number of imidazole rings is 1. The van der Waals surface area contributed by atoms with Gasteiger partial charge in [-0.1, -0.05) is 12.1 Å². The van der Waals surface area contributed by atoms with E-state index in [9.17, 15) is 4.79 Å². The van der Waals surface area contributed by atoms with Crippen LogP contribution in [-0.4, -0.2) is 46.2 Å². The summed E-state index contributed by atoms with van der Waals surface area (Å²) in [6.07, 6.45) is 1.49. The summed E-state index contributed by atoms with van der Waals surface area (Å²) in [4.78, 5) is 17.1. The van der Waals surface area contributed by atoms with Crippen molar-refractivity contribution in [1.29, 1.82) is 0 Å². The summed E-state index contributed by atoms with van der Waals surface area (Å²) in [5.41, 5.74) is 10.7. The fourth-order valence-electron chi connectivity index (χ4n) is 3.04. The van der Waals surface area contributed by atoms with Crippen molar-refractivity contribution in [3.05, 3.63) is 48.0 Å². The number of para-hydroxylation sites is 2. The maximum absolute atomic E-state index is 12.6. The van der Waals surface area contributed by atoms with E-state index in [1.54, 1.807) is 37.0 Å². The molecule has 1 amide bonds. The summed E-state index contributed by atoms with van der Waals surface area (Å²) in [7, 11) is 3.11. The van der Waals surface area contributed by atoms with Gasteiger partial charge in [0.2, 0.25) is 0 Å². The molecule has 0 aliphatic heterocycles. The van der Waals surface area contributed by atoms with Crippen LogP contribution in [0.15, 0.2) is 52.2 Å². The van der Waals surface area contributed by atoms with E-state index in [1.807, 2.05) is 24.3 Å². The highest BCUT2D eigenvalue weighted by Crippen LogP contribution is 2.26. The Hall–Kier alpha value is -4.41. The molecule has 0 bridgehead atoms. The minimum absolute atomic E-state index is 0.0702. The van der Waals surface area contributed by atoms with Crippen LogP contribution >= 0.6 is 0 Å². The molecule has 31 heavy (non-hydrogen) atoms. The highest BCUT2D eigenvalue weighted by molar-refractivity contribution is 5.87. The molecule has 158 valence electrons. The minimum atomic E-state index is -0.372. The molecule has 11 heteroatoms. The molecule has 0 radical (unpaired) electrons. The number of nitrogens with zero attached hydrogens (tertiary/aromatic N) is 5. The first-order valence-electron chi connectivity index (χ1n) is 9.18. The number of ether oxygens (including phenoxy) is 2. The van der Waals surface area contributed by atoms with Crippen molar-refractivity contribution in [3.63, 3.8) is 0 Å². The summed E-state index contributed by atoms with van der Waals surface area (Å²) in [5.74, 6) is 1.30. The molecule has 0 aliphatic carbocycles. The number of methoxy groups -OCH3 is 2. The van der Waals surface area contributed by atoms with E-state index in [2.05, 4.69) is 30.5 Å². The molecular weight excluding hydrogens is 402 g/mol. The summed E-state index contributed by atoms with van der Waals surface area (Å²) >= 11 is 0.